The lowest BCUT2D eigenvalue weighted by Crippen LogP contribution is -2.41. The van der Waals surface area contributed by atoms with E-state index in [-0.39, 0.29) is 58.6 Å². The monoisotopic (exact) mass is 438 g/mol. The zero-order chi connectivity index (χ0) is 23.7. The van der Waals surface area contributed by atoms with Crippen LogP contribution in [0.5, 0.6) is 0 Å². The fourth-order valence-corrected chi connectivity index (χ4v) is 5.78. The molecule has 0 aliphatic heterocycles. The molecular formula is C28H38O4. The van der Waals surface area contributed by atoms with E-state index in [1.54, 1.807) is 24.3 Å². The second-order valence-corrected chi connectivity index (χ2v) is 10.9. The third-order valence-electron chi connectivity index (χ3n) is 7.98. The normalized spacial score (nSPS) is 31.2. The van der Waals surface area contributed by atoms with Gasteiger partial charge in [-0.15, -0.1) is 0 Å². The van der Waals surface area contributed by atoms with Gasteiger partial charge in [-0.3, -0.25) is 19.2 Å². The molecule has 0 amide bonds. The molecule has 2 unspecified atom stereocenters. The zero-order valence-corrected chi connectivity index (χ0v) is 20.4. The van der Waals surface area contributed by atoms with Crippen LogP contribution in [0.15, 0.2) is 24.3 Å². The Bertz CT molecular complexity index is 806. The SMILES string of the molecule is CC(C)[C@@H]1CC[C@@H](C)C(C(=O)c2ccc(C(=O)C3C(=O)[C@H](C(C)C)CC[C@H]3C)cc2)C1=O. The van der Waals surface area contributed by atoms with E-state index in [2.05, 4.69) is 0 Å². The van der Waals surface area contributed by atoms with Crippen LogP contribution >= 0.6 is 0 Å². The summed E-state index contributed by atoms with van der Waals surface area (Å²) in [5, 5.41) is 0. The topological polar surface area (TPSA) is 68.3 Å². The number of hydrogen-bond acceptors (Lipinski definition) is 4. The minimum Gasteiger partial charge on any atom is -0.299 e. The molecule has 1 aromatic rings. The third kappa shape index (κ3) is 4.65. The van der Waals surface area contributed by atoms with E-state index in [9.17, 15) is 19.2 Å². The molecule has 2 aliphatic carbocycles. The Morgan fingerprint density at radius 3 is 1.25 bits per heavy atom. The second kappa shape index (κ2) is 9.80. The minimum absolute atomic E-state index is 0.0278. The average Bonchev–Trinajstić information content (AvgIpc) is 2.73. The summed E-state index contributed by atoms with van der Waals surface area (Å²) in [6.45, 7) is 12.1. The Labute approximate surface area is 192 Å². The molecule has 2 aliphatic rings. The van der Waals surface area contributed by atoms with Crippen LogP contribution in [0.25, 0.3) is 0 Å². The van der Waals surface area contributed by atoms with Crippen molar-refractivity contribution in [1.29, 1.82) is 0 Å². The second-order valence-electron chi connectivity index (χ2n) is 10.9. The van der Waals surface area contributed by atoms with Crippen molar-refractivity contribution in [2.75, 3.05) is 0 Å². The van der Waals surface area contributed by atoms with Gasteiger partial charge >= 0.3 is 0 Å². The Morgan fingerprint density at radius 2 is 0.969 bits per heavy atom. The molecule has 0 radical (unpaired) electrons. The number of carbonyl (C=O) groups excluding carboxylic acids is 4. The van der Waals surface area contributed by atoms with E-state index in [1.807, 2.05) is 41.5 Å². The number of rotatable bonds is 6. The van der Waals surface area contributed by atoms with Gasteiger partial charge in [-0.1, -0.05) is 65.8 Å². The first-order chi connectivity index (χ1) is 15.0. The van der Waals surface area contributed by atoms with Crippen molar-refractivity contribution in [3.05, 3.63) is 35.4 Å². The highest BCUT2D eigenvalue weighted by atomic mass is 16.2. The van der Waals surface area contributed by atoms with Crippen LogP contribution in [0.4, 0.5) is 0 Å². The predicted octanol–water partition coefficient (Wildman–Crippen LogP) is 5.83. The molecule has 2 saturated carbocycles. The fraction of sp³-hybridized carbons (Fsp3) is 0.643. The summed E-state index contributed by atoms with van der Waals surface area (Å²) >= 11 is 0. The Kier molecular flexibility index (Phi) is 7.52. The largest absolute Gasteiger partial charge is 0.299 e. The lowest BCUT2D eigenvalue weighted by Gasteiger charge is -2.34. The maximum Gasteiger partial charge on any atom is 0.173 e. The van der Waals surface area contributed by atoms with Gasteiger partial charge in [0.15, 0.2) is 11.6 Å². The van der Waals surface area contributed by atoms with Crippen LogP contribution in [0.2, 0.25) is 0 Å². The molecule has 0 bridgehead atoms. The van der Waals surface area contributed by atoms with Crippen molar-refractivity contribution in [1.82, 2.24) is 0 Å². The summed E-state index contributed by atoms with van der Waals surface area (Å²) < 4.78 is 0. The van der Waals surface area contributed by atoms with Gasteiger partial charge in [0.2, 0.25) is 0 Å². The predicted molar refractivity (Wildman–Crippen MR) is 126 cm³/mol. The molecule has 32 heavy (non-hydrogen) atoms. The van der Waals surface area contributed by atoms with Gasteiger partial charge in [0.05, 0.1) is 11.8 Å². The van der Waals surface area contributed by atoms with Crippen LogP contribution in [0.1, 0.15) is 87.9 Å². The highest BCUT2D eigenvalue weighted by Crippen LogP contribution is 2.38. The molecule has 174 valence electrons. The Morgan fingerprint density at radius 1 is 0.656 bits per heavy atom. The van der Waals surface area contributed by atoms with Crippen LogP contribution in [-0.4, -0.2) is 23.1 Å². The van der Waals surface area contributed by atoms with Crippen molar-refractivity contribution >= 4 is 23.1 Å². The molecule has 4 heteroatoms. The Balaban J connectivity index is 1.79. The summed E-state index contributed by atoms with van der Waals surface area (Å²) in [5.41, 5.74) is 0.943. The van der Waals surface area contributed by atoms with Crippen molar-refractivity contribution in [3.63, 3.8) is 0 Å². The van der Waals surface area contributed by atoms with E-state index in [4.69, 9.17) is 0 Å². The molecular weight excluding hydrogens is 400 g/mol. The number of Topliss-reactive ketones (excluding diaryl/α,β-unsaturated/α-hetero) is 4. The quantitative estimate of drug-likeness (QED) is 0.414. The molecule has 6 atom stereocenters. The first-order valence-electron chi connectivity index (χ1n) is 12.3. The summed E-state index contributed by atoms with van der Waals surface area (Å²) in [7, 11) is 0. The highest BCUT2D eigenvalue weighted by Gasteiger charge is 2.43. The van der Waals surface area contributed by atoms with Gasteiger partial charge in [0, 0.05) is 23.0 Å². The van der Waals surface area contributed by atoms with Crippen LogP contribution in [-0.2, 0) is 9.59 Å². The molecule has 0 N–H and O–H groups in total. The van der Waals surface area contributed by atoms with Gasteiger partial charge < -0.3 is 0 Å². The van der Waals surface area contributed by atoms with Crippen molar-refractivity contribution in [2.24, 2.45) is 47.3 Å². The van der Waals surface area contributed by atoms with Gasteiger partial charge in [0.1, 0.15) is 11.6 Å². The third-order valence-corrected chi connectivity index (χ3v) is 7.98. The average molecular weight is 439 g/mol. The summed E-state index contributed by atoms with van der Waals surface area (Å²) in [5.74, 6) is -0.987. The van der Waals surface area contributed by atoms with Gasteiger partial charge in [-0.05, 0) is 49.4 Å². The summed E-state index contributed by atoms with van der Waals surface area (Å²) in [6.07, 6.45) is 3.44. The lowest BCUT2D eigenvalue weighted by atomic mass is 9.67. The van der Waals surface area contributed by atoms with Crippen molar-refractivity contribution in [3.8, 4) is 0 Å². The highest BCUT2D eigenvalue weighted by molar-refractivity contribution is 6.14. The summed E-state index contributed by atoms with van der Waals surface area (Å²) in [4.78, 5) is 52.5. The molecule has 0 aromatic heterocycles. The van der Waals surface area contributed by atoms with Gasteiger partial charge in [-0.25, -0.2) is 0 Å². The number of ketones is 4. The minimum atomic E-state index is -0.607. The van der Waals surface area contributed by atoms with Crippen molar-refractivity contribution in [2.45, 2.75) is 67.2 Å². The van der Waals surface area contributed by atoms with Crippen LogP contribution in [0.3, 0.4) is 0 Å². The van der Waals surface area contributed by atoms with E-state index < -0.39 is 11.8 Å². The molecule has 2 fully saturated rings. The maximum absolute atomic E-state index is 13.2. The molecule has 0 saturated heterocycles. The molecule has 4 nitrogen and oxygen atoms in total. The molecule has 0 spiro atoms. The lowest BCUT2D eigenvalue weighted by molar-refractivity contribution is -0.131. The number of benzene rings is 1. The first kappa shape index (κ1) is 24.5. The standard InChI is InChI=1S/C28H38O4/c1-15(2)21-13-7-17(5)23(27(21)31)25(29)19-9-11-20(12-10-19)26(30)24-18(6)8-14-22(16(3)4)28(24)32/h9-12,15-18,21-24H,7-8,13-14H2,1-6H3/t17-,18-,21+,22+,23?,24?/m1/s1. The summed E-state index contributed by atoms with van der Waals surface area (Å²) in [6, 6.07) is 6.64. The van der Waals surface area contributed by atoms with Gasteiger partial charge in [0.25, 0.3) is 0 Å². The smallest absolute Gasteiger partial charge is 0.173 e. The fourth-order valence-electron chi connectivity index (χ4n) is 5.78. The number of carbonyl (C=O) groups is 4. The van der Waals surface area contributed by atoms with Gasteiger partial charge in [-0.2, -0.15) is 0 Å². The van der Waals surface area contributed by atoms with Crippen LogP contribution in [0, 0.1) is 47.3 Å². The number of hydrogen-bond donors (Lipinski definition) is 0. The van der Waals surface area contributed by atoms with E-state index >= 15 is 0 Å². The van der Waals surface area contributed by atoms with E-state index in [0.29, 0.717) is 11.1 Å². The zero-order valence-electron chi connectivity index (χ0n) is 20.4. The van der Waals surface area contributed by atoms with E-state index in [0.717, 1.165) is 25.7 Å². The molecule has 1 aromatic carbocycles. The first-order valence-corrected chi connectivity index (χ1v) is 12.3. The molecule has 0 heterocycles. The van der Waals surface area contributed by atoms with Crippen molar-refractivity contribution < 1.29 is 19.2 Å². The molecule has 3 rings (SSSR count). The van der Waals surface area contributed by atoms with E-state index in [1.165, 1.54) is 0 Å². The Hall–Kier alpha value is -2.10. The van der Waals surface area contributed by atoms with Crippen LogP contribution < -0.4 is 0 Å². The maximum atomic E-state index is 13.2.